The van der Waals surface area contributed by atoms with Gasteiger partial charge in [-0.1, -0.05) is 29.8 Å². The molecule has 5 nitrogen and oxygen atoms in total. The lowest BCUT2D eigenvalue weighted by atomic mass is 10.2. The molecule has 0 atom stereocenters. The summed E-state index contributed by atoms with van der Waals surface area (Å²) in [7, 11) is -3.39. The maximum atomic E-state index is 12.0. The van der Waals surface area contributed by atoms with Crippen LogP contribution in [-0.2, 0) is 22.3 Å². The Labute approximate surface area is 119 Å². The number of benzene rings is 1. The first-order chi connectivity index (χ1) is 9.35. The third-order valence-electron chi connectivity index (χ3n) is 2.93. The summed E-state index contributed by atoms with van der Waals surface area (Å²) >= 11 is 0. The second kappa shape index (κ2) is 5.76. The first kappa shape index (κ1) is 14.7. The van der Waals surface area contributed by atoms with Crippen LogP contribution >= 0.6 is 0 Å². The number of nitrogens with one attached hydrogen (secondary N) is 1. The molecular formula is C14H18N2O3S. The van der Waals surface area contributed by atoms with Gasteiger partial charge >= 0.3 is 0 Å². The molecule has 0 fully saturated rings. The number of hydrogen-bond donors (Lipinski definition) is 1. The number of oxazole rings is 1. The molecule has 0 aliphatic heterocycles. The number of aryl methyl sites for hydroxylation is 3. The summed E-state index contributed by atoms with van der Waals surface area (Å²) in [6.07, 6.45) is 0. The summed E-state index contributed by atoms with van der Waals surface area (Å²) in [6.45, 7) is 5.61. The van der Waals surface area contributed by atoms with Crippen molar-refractivity contribution >= 4 is 10.0 Å². The van der Waals surface area contributed by atoms with Crippen molar-refractivity contribution in [3.63, 3.8) is 0 Å². The van der Waals surface area contributed by atoms with Crippen LogP contribution in [0.5, 0.6) is 0 Å². The minimum atomic E-state index is -3.39. The minimum absolute atomic E-state index is 0.0422. The molecule has 0 saturated heterocycles. The normalized spacial score (nSPS) is 11.8. The van der Waals surface area contributed by atoms with Gasteiger partial charge < -0.3 is 4.42 Å². The van der Waals surface area contributed by atoms with E-state index in [1.807, 2.05) is 31.2 Å². The Balaban J connectivity index is 2.01. The topological polar surface area (TPSA) is 72.2 Å². The van der Waals surface area contributed by atoms with Crippen molar-refractivity contribution in [1.82, 2.24) is 9.71 Å². The molecule has 0 spiro atoms. The van der Waals surface area contributed by atoms with Crippen LogP contribution in [0.25, 0.3) is 0 Å². The lowest BCUT2D eigenvalue weighted by Gasteiger charge is -2.06. The van der Waals surface area contributed by atoms with Crippen LogP contribution in [0.15, 0.2) is 28.7 Å². The summed E-state index contributed by atoms with van der Waals surface area (Å²) in [4.78, 5) is 4.10. The van der Waals surface area contributed by atoms with Gasteiger partial charge in [0.1, 0.15) is 5.76 Å². The molecule has 1 aromatic carbocycles. The zero-order valence-corrected chi connectivity index (χ0v) is 12.6. The van der Waals surface area contributed by atoms with Crippen molar-refractivity contribution < 1.29 is 12.8 Å². The molecule has 0 bridgehead atoms. The van der Waals surface area contributed by atoms with Crippen LogP contribution in [-0.4, -0.2) is 13.4 Å². The van der Waals surface area contributed by atoms with Gasteiger partial charge in [-0.15, -0.1) is 0 Å². The van der Waals surface area contributed by atoms with E-state index >= 15 is 0 Å². The molecule has 1 N–H and O–H groups in total. The quantitative estimate of drug-likeness (QED) is 0.917. The van der Waals surface area contributed by atoms with Crippen LogP contribution < -0.4 is 4.72 Å². The zero-order chi connectivity index (χ0) is 14.8. The van der Waals surface area contributed by atoms with Crippen molar-refractivity contribution in [2.45, 2.75) is 33.1 Å². The Morgan fingerprint density at radius 2 is 1.80 bits per heavy atom. The summed E-state index contributed by atoms with van der Waals surface area (Å²) < 4.78 is 31.9. The molecule has 1 aromatic heterocycles. The molecule has 0 amide bonds. The summed E-state index contributed by atoms with van der Waals surface area (Å²) in [6, 6.07) is 7.43. The molecular weight excluding hydrogens is 276 g/mol. The maximum Gasteiger partial charge on any atom is 0.216 e. The van der Waals surface area contributed by atoms with E-state index < -0.39 is 10.0 Å². The van der Waals surface area contributed by atoms with Gasteiger partial charge in [0.15, 0.2) is 5.89 Å². The lowest BCUT2D eigenvalue weighted by molar-refractivity contribution is 0.466. The second-order valence-electron chi connectivity index (χ2n) is 4.81. The van der Waals surface area contributed by atoms with Crippen LogP contribution in [0.3, 0.4) is 0 Å². The smallest absolute Gasteiger partial charge is 0.216 e. The molecule has 0 radical (unpaired) electrons. The van der Waals surface area contributed by atoms with E-state index in [9.17, 15) is 8.42 Å². The van der Waals surface area contributed by atoms with E-state index in [-0.39, 0.29) is 12.3 Å². The summed E-state index contributed by atoms with van der Waals surface area (Å²) in [5.41, 5.74) is 2.57. The van der Waals surface area contributed by atoms with Crippen LogP contribution in [0.2, 0.25) is 0 Å². The lowest BCUT2D eigenvalue weighted by Crippen LogP contribution is -2.24. The highest BCUT2D eigenvalue weighted by molar-refractivity contribution is 7.88. The third-order valence-corrected chi connectivity index (χ3v) is 4.23. The number of sulfonamides is 1. The molecule has 20 heavy (non-hydrogen) atoms. The van der Waals surface area contributed by atoms with E-state index in [4.69, 9.17) is 4.42 Å². The third kappa shape index (κ3) is 3.91. The fourth-order valence-corrected chi connectivity index (χ4v) is 2.95. The Kier molecular flexibility index (Phi) is 4.25. The van der Waals surface area contributed by atoms with E-state index in [1.165, 1.54) is 0 Å². The number of hydrogen-bond acceptors (Lipinski definition) is 4. The number of rotatable bonds is 5. The molecule has 0 aliphatic carbocycles. The van der Waals surface area contributed by atoms with Crippen LogP contribution in [0, 0.1) is 20.8 Å². The highest BCUT2D eigenvalue weighted by Crippen LogP contribution is 2.11. The average Bonchev–Trinajstić information content (AvgIpc) is 2.68. The van der Waals surface area contributed by atoms with Gasteiger partial charge in [0.25, 0.3) is 0 Å². The first-order valence-electron chi connectivity index (χ1n) is 6.31. The Morgan fingerprint density at radius 3 is 2.35 bits per heavy atom. The minimum Gasteiger partial charge on any atom is -0.444 e. The van der Waals surface area contributed by atoms with Crippen molar-refractivity contribution in [3.8, 4) is 0 Å². The molecule has 108 valence electrons. The van der Waals surface area contributed by atoms with Gasteiger partial charge in [0, 0.05) is 6.92 Å². The predicted molar refractivity (Wildman–Crippen MR) is 76.6 cm³/mol. The zero-order valence-electron chi connectivity index (χ0n) is 11.8. The van der Waals surface area contributed by atoms with E-state index in [2.05, 4.69) is 9.71 Å². The van der Waals surface area contributed by atoms with Crippen molar-refractivity contribution in [2.24, 2.45) is 0 Å². The standard InChI is InChI=1S/C14H18N2O3S/c1-10-4-6-13(7-5-10)9-20(17,18)15-8-14-11(2)16-12(3)19-14/h4-7,15H,8-9H2,1-3H3. The summed E-state index contributed by atoms with van der Waals surface area (Å²) in [5.74, 6) is 1.05. The number of aromatic nitrogens is 1. The van der Waals surface area contributed by atoms with Crippen molar-refractivity contribution in [2.75, 3.05) is 0 Å². The molecule has 0 saturated carbocycles. The predicted octanol–water partition coefficient (Wildman–Crippen LogP) is 2.22. The van der Waals surface area contributed by atoms with Gasteiger partial charge in [-0.3, -0.25) is 0 Å². The van der Waals surface area contributed by atoms with E-state index in [0.717, 1.165) is 11.1 Å². The summed E-state index contributed by atoms with van der Waals surface area (Å²) in [5, 5.41) is 0. The second-order valence-corrected chi connectivity index (χ2v) is 6.61. The first-order valence-corrected chi connectivity index (χ1v) is 7.97. The van der Waals surface area contributed by atoms with E-state index in [0.29, 0.717) is 17.3 Å². The Morgan fingerprint density at radius 1 is 1.15 bits per heavy atom. The van der Waals surface area contributed by atoms with Crippen LogP contribution in [0.1, 0.15) is 28.5 Å². The van der Waals surface area contributed by atoms with Gasteiger partial charge in [-0.25, -0.2) is 18.1 Å². The molecule has 6 heteroatoms. The highest BCUT2D eigenvalue weighted by Gasteiger charge is 2.14. The fraction of sp³-hybridized carbons (Fsp3) is 0.357. The number of nitrogens with zero attached hydrogens (tertiary/aromatic N) is 1. The molecule has 1 heterocycles. The van der Waals surface area contributed by atoms with Gasteiger partial charge in [-0.2, -0.15) is 0 Å². The van der Waals surface area contributed by atoms with Gasteiger partial charge in [-0.05, 0) is 19.4 Å². The molecule has 0 aliphatic rings. The maximum absolute atomic E-state index is 12.0. The van der Waals surface area contributed by atoms with Gasteiger partial charge in [0.2, 0.25) is 10.0 Å². The molecule has 2 rings (SSSR count). The van der Waals surface area contributed by atoms with Gasteiger partial charge in [0.05, 0.1) is 18.0 Å². The Hall–Kier alpha value is -1.66. The Bertz CT molecular complexity index is 688. The van der Waals surface area contributed by atoms with E-state index in [1.54, 1.807) is 13.8 Å². The largest absolute Gasteiger partial charge is 0.444 e. The fourth-order valence-electron chi connectivity index (χ4n) is 1.87. The average molecular weight is 294 g/mol. The van der Waals surface area contributed by atoms with Crippen LogP contribution in [0.4, 0.5) is 0 Å². The van der Waals surface area contributed by atoms with Crippen molar-refractivity contribution in [1.29, 1.82) is 0 Å². The highest BCUT2D eigenvalue weighted by atomic mass is 32.2. The monoisotopic (exact) mass is 294 g/mol. The van der Waals surface area contributed by atoms with Crippen molar-refractivity contribution in [3.05, 3.63) is 52.7 Å². The SMILES string of the molecule is Cc1ccc(CS(=O)(=O)NCc2oc(C)nc2C)cc1. The molecule has 0 unspecified atom stereocenters. The molecule has 2 aromatic rings.